The molecule has 0 radical (unpaired) electrons. The molecule has 3 N–H and O–H groups in total. The van der Waals surface area contributed by atoms with E-state index in [1.165, 1.54) is 16.9 Å². The summed E-state index contributed by atoms with van der Waals surface area (Å²) in [6.45, 7) is 4.37. The van der Waals surface area contributed by atoms with E-state index in [0.29, 0.717) is 18.2 Å². The second-order valence-electron chi connectivity index (χ2n) is 6.77. The molecule has 8 heteroatoms. The van der Waals surface area contributed by atoms with Crippen LogP contribution in [-0.4, -0.2) is 9.97 Å². The normalized spacial score (nSPS) is 14.1. The average Bonchev–Trinajstić information content (AvgIpc) is 3.35. The maximum Gasteiger partial charge on any atom is 0.189 e. The third-order valence-corrected chi connectivity index (χ3v) is 7.67. The predicted molar refractivity (Wildman–Crippen MR) is 126 cm³/mol. The van der Waals surface area contributed by atoms with Gasteiger partial charge in [0.05, 0.1) is 5.69 Å². The van der Waals surface area contributed by atoms with Crippen molar-refractivity contribution in [3.8, 4) is 9.88 Å². The molecule has 0 unspecified atom stereocenters. The highest BCUT2D eigenvalue weighted by Crippen LogP contribution is 2.41. The van der Waals surface area contributed by atoms with Gasteiger partial charge >= 0.3 is 0 Å². The molecule has 0 saturated carbocycles. The molecule has 0 spiro atoms. The van der Waals surface area contributed by atoms with E-state index in [9.17, 15) is 0 Å². The highest BCUT2D eigenvalue weighted by molar-refractivity contribution is 9.12. The van der Waals surface area contributed by atoms with Crippen LogP contribution in [0.4, 0.5) is 16.6 Å². The Balaban J connectivity index is 1.53. The van der Waals surface area contributed by atoms with Crippen molar-refractivity contribution >= 4 is 72.4 Å². The maximum absolute atomic E-state index is 6.18. The SMILES string of the molecule is CC(C)c1ccc(Nc2nc(N)c(-c3nc(C4=CC(Br)=C(Cl)C4)cs3)s2)cc1. The van der Waals surface area contributed by atoms with E-state index in [2.05, 4.69) is 64.3 Å². The van der Waals surface area contributed by atoms with Gasteiger partial charge in [-0.3, -0.25) is 0 Å². The molecule has 0 fully saturated rings. The number of rotatable bonds is 5. The summed E-state index contributed by atoms with van der Waals surface area (Å²) >= 11 is 12.7. The van der Waals surface area contributed by atoms with Crippen LogP contribution < -0.4 is 11.1 Å². The Morgan fingerprint density at radius 1 is 1.21 bits per heavy atom. The van der Waals surface area contributed by atoms with Gasteiger partial charge in [-0.2, -0.15) is 0 Å². The molecule has 28 heavy (non-hydrogen) atoms. The number of anilines is 3. The number of hydrogen-bond acceptors (Lipinski definition) is 6. The van der Waals surface area contributed by atoms with Crippen LogP contribution in [0.3, 0.4) is 0 Å². The standard InChI is InChI=1S/C20H18BrClN4S2/c1-10(2)11-3-5-13(6-4-11)24-20-26-18(23)17(28-20)19-25-16(9-27-19)12-7-14(21)15(22)8-12/h3-7,9-10H,8,23H2,1-2H3,(H,24,26). The van der Waals surface area contributed by atoms with Gasteiger partial charge in [-0.05, 0) is 51.2 Å². The Bertz CT molecular complexity index is 1080. The molecule has 1 aliphatic rings. The van der Waals surface area contributed by atoms with Crippen LogP contribution in [0.25, 0.3) is 15.5 Å². The fourth-order valence-electron chi connectivity index (χ4n) is 2.84. The smallest absolute Gasteiger partial charge is 0.189 e. The molecule has 0 atom stereocenters. The lowest BCUT2D eigenvalue weighted by atomic mass is 10.0. The number of benzene rings is 1. The Morgan fingerprint density at radius 2 is 1.96 bits per heavy atom. The second-order valence-corrected chi connectivity index (χ2v) is 9.94. The van der Waals surface area contributed by atoms with Gasteiger partial charge in [-0.1, -0.05) is 48.9 Å². The van der Waals surface area contributed by atoms with Crippen molar-refractivity contribution < 1.29 is 0 Å². The van der Waals surface area contributed by atoms with Gasteiger partial charge < -0.3 is 11.1 Å². The first kappa shape index (κ1) is 19.6. The topological polar surface area (TPSA) is 63.8 Å². The van der Waals surface area contributed by atoms with E-state index in [1.54, 1.807) is 11.3 Å². The van der Waals surface area contributed by atoms with E-state index in [4.69, 9.17) is 22.3 Å². The summed E-state index contributed by atoms with van der Waals surface area (Å²) in [7, 11) is 0. The lowest BCUT2D eigenvalue weighted by Crippen LogP contribution is -1.92. The van der Waals surface area contributed by atoms with Gasteiger partial charge in [0, 0.05) is 27.0 Å². The zero-order valence-electron chi connectivity index (χ0n) is 15.3. The quantitative estimate of drug-likeness (QED) is 0.390. The first-order chi connectivity index (χ1) is 13.4. The Labute approximate surface area is 185 Å². The molecule has 1 aromatic carbocycles. The van der Waals surface area contributed by atoms with Gasteiger partial charge in [0.2, 0.25) is 0 Å². The molecule has 4 rings (SSSR count). The van der Waals surface area contributed by atoms with Crippen molar-refractivity contribution in [2.45, 2.75) is 26.2 Å². The first-order valence-corrected chi connectivity index (χ1v) is 11.6. The number of nitrogens with two attached hydrogens (primary N) is 1. The van der Waals surface area contributed by atoms with E-state index in [0.717, 1.165) is 41.5 Å². The van der Waals surface area contributed by atoms with Crippen LogP contribution in [0.1, 0.15) is 37.4 Å². The van der Waals surface area contributed by atoms with Crippen LogP contribution in [0.15, 0.2) is 45.2 Å². The van der Waals surface area contributed by atoms with Crippen LogP contribution in [0, 0.1) is 0 Å². The van der Waals surface area contributed by atoms with E-state index in [-0.39, 0.29) is 0 Å². The number of allylic oxidation sites excluding steroid dienone is 4. The Kier molecular flexibility index (Phi) is 5.60. The summed E-state index contributed by atoms with van der Waals surface area (Å²) in [6.07, 6.45) is 2.72. The van der Waals surface area contributed by atoms with E-state index in [1.807, 2.05) is 11.5 Å². The van der Waals surface area contributed by atoms with Crippen LogP contribution in [0.5, 0.6) is 0 Å². The molecular weight excluding hydrogens is 476 g/mol. The fourth-order valence-corrected chi connectivity index (χ4v) is 5.30. The summed E-state index contributed by atoms with van der Waals surface area (Å²) in [6, 6.07) is 8.39. The van der Waals surface area contributed by atoms with Crippen molar-refractivity contribution in [1.29, 1.82) is 0 Å². The molecule has 2 heterocycles. The molecule has 1 aliphatic carbocycles. The number of thiazole rings is 2. The largest absolute Gasteiger partial charge is 0.382 e. The summed E-state index contributed by atoms with van der Waals surface area (Å²) < 4.78 is 0.922. The van der Waals surface area contributed by atoms with Crippen molar-refractivity contribution in [3.63, 3.8) is 0 Å². The third kappa shape index (κ3) is 4.03. The molecule has 3 aromatic rings. The highest BCUT2D eigenvalue weighted by Gasteiger charge is 2.19. The minimum atomic E-state index is 0.491. The molecule has 4 nitrogen and oxygen atoms in total. The van der Waals surface area contributed by atoms with Crippen LogP contribution in [-0.2, 0) is 0 Å². The van der Waals surface area contributed by atoms with Gasteiger partial charge in [-0.25, -0.2) is 9.97 Å². The van der Waals surface area contributed by atoms with Gasteiger partial charge in [0.1, 0.15) is 15.7 Å². The summed E-state index contributed by atoms with van der Waals surface area (Å²) in [5, 5.41) is 7.80. The van der Waals surface area contributed by atoms with Gasteiger partial charge in [0.25, 0.3) is 0 Å². The molecule has 0 bridgehead atoms. The van der Waals surface area contributed by atoms with Crippen molar-refractivity contribution in [1.82, 2.24) is 9.97 Å². The van der Waals surface area contributed by atoms with E-state index >= 15 is 0 Å². The molecule has 0 aliphatic heterocycles. The maximum atomic E-state index is 6.18. The molecule has 0 amide bonds. The zero-order valence-corrected chi connectivity index (χ0v) is 19.3. The molecule has 2 aromatic heterocycles. The van der Waals surface area contributed by atoms with Gasteiger partial charge in [-0.15, -0.1) is 11.3 Å². The van der Waals surface area contributed by atoms with Crippen molar-refractivity contribution in [2.75, 3.05) is 11.1 Å². The number of nitrogen functional groups attached to an aromatic ring is 1. The summed E-state index contributed by atoms with van der Waals surface area (Å²) in [5.74, 6) is 1.00. The minimum Gasteiger partial charge on any atom is -0.382 e. The number of halogens is 2. The van der Waals surface area contributed by atoms with Crippen molar-refractivity contribution in [3.05, 3.63) is 56.5 Å². The van der Waals surface area contributed by atoms with Crippen molar-refractivity contribution in [2.24, 2.45) is 0 Å². The molecular formula is C20H18BrClN4S2. The van der Waals surface area contributed by atoms with Gasteiger partial charge in [0.15, 0.2) is 5.13 Å². The first-order valence-electron chi connectivity index (χ1n) is 8.75. The summed E-state index contributed by atoms with van der Waals surface area (Å²) in [5.41, 5.74) is 10.5. The number of nitrogens with one attached hydrogen (secondary N) is 1. The number of hydrogen-bond donors (Lipinski definition) is 2. The lowest BCUT2D eigenvalue weighted by Gasteiger charge is -2.07. The van der Waals surface area contributed by atoms with Crippen LogP contribution >= 0.6 is 50.2 Å². The second kappa shape index (κ2) is 7.99. The van der Waals surface area contributed by atoms with Crippen LogP contribution in [0.2, 0.25) is 0 Å². The average molecular weight is 494 g/mol. The lowest BCUT2D eigenvalue weighted by molar-refractivity contribution is 0.867. The Hall–Kier alpha value is -1.67. The predicted octanol–water partition coefficient (Wildman–Crippen LogP) is 7.35. The molecule has 144 valence electrons. The fraction of sp³-hybridized carbons (Fsp3) is 0.200. The number of nitrogens with zero attached hydrogens (tertiary/aromatic N) is 2. The highest BCUT2D eigenvalue weighted by atomic mass is 79.9. The van der Waals surface area contributed by atoms with E-state index < -0.39 is 0 Å². The Morgan fingerprint density at radius 3 is 2.61 bits per heavy atom. The number of aromatic nitrogens is 2. The third-order valence-electron chi connectivity index (χ3n) is 4.42. The monoisotopic (exact) mass is 492 g/mol. The summed E-state index contributed by atoms with van der Waals surface area (Å²) in [4.78, 5) is 10.1. The zero-order chi connectivity index (χ0) is 19.8. The minimum absolute atomic E-state index is 0.491. The molecule has 0 saturated heterocycles.